The summed E-state index contributed by atoms with van der Waals surface area (Å²) in [4.78, 5) is 37.7. The van der Waals surface area contributed by atoms with Crippen LogP contribution in [0.25, 0.3) is 0 Å². The molecule has 0 aliphatic rings. The van der Waals surface area contributed by atoms with Gasteiger partial charge in [-0.2, -0.15) is 0 Å². The van der Waals surface area contributed by atoms with E-state index in [1.807, 2.05) is 0 Å². The van der Waals surface area contributed by atoms with Crippen molar-refractivity contribution in [1.29, 1.82) is 0 Å². The molecule has 1 atom stereocenters. The van der Waals surface area contributed by atoms with Crippen LogP contribution in [-0.2, 0) is 0 Å². The number of hydrogen-bond donors (Lipinski definition) is 0. The lowest BCUT2D eigenvalue weighted by Gasteiger charge is -2.23. The second kappa shape index (κ2) is 9.39. The maximum atomic E-state index is 13.4. The molecule has 3 aromatic rings. The third-order valence-corrected chi connectivity index (χ3v) is 5.26. The number of nitro groups is 1. The summed E-state index contributed by atoms with van der Waals surface area (Å²) in [5, 5.41) is 11.4. The molecule has 0 aromatic heterocycles. The number of rotatable bonds is 8. The van der Waals surface area contributed by atoms with E-state index in [1.165, 1.54) is 0 Å². The normalized spacial score (nSPS) is 11.8. The van der Waals surface area contributed by atoms with Crippen LogP contribution in [0.3, 0.4) is 0 Å². The average molecular weight is 452 g/mol. The summed E-state index contributed by atoms with van der Waals surface area (Å²) in [7, 11) is 0. The molecule has 1 unspecified atom stereocenters. The quantitative estimate of drug-likeness (QED) is 0.204. The van der Waals surface area contributed by atoms with Crippen molar-refractivity contribution in [2.24, 2.45) is 5.92 Å². The predicted molar refractivity (Wildman–Crippen MR) is 114 cm³/mol. The molecule has 3 rings (SSSR count). The Hall–Kier alpha value is -3.12. The molecule has 0 radical (unpaired) electrons. The molecule has 0 saturated heterocycles. The molecular formula is C23H18BrNO4. The minimum Gasteiger partial charge on any atom is -0.293 e. The molecule has 29 heavy (non-hydrogen) atoms. The highest BCUT2D eigenvalue weighted by Crippen LogP contribution is 2.32. The Morgan fingerprint density at radius 2 is 1.24 bits per heavy atom. The molecule has 0 bridgehead atoms. The fourth-order valence-electron chi connectivity index (χ4n) is 3.32. The van der Waals surface area contributed by atoms with E-state index in [0.29, 0.717) is 16.7 Å². The first-order chi connectivity index (χ1) is 14.0. The van der Waals surface area contributed by atoms with Crippen LogP contribution in [0, 0.1) is 16.0 Å². The summed E-state index contributed by atoms with van der Waals surface area (Å²) in [6.45, 7) is -0.524. The molecule has 3 aromatic carbocycles. The van der Waals surface area contributed by atoms with Gasteiger partial charge in [-0.3, -0.25) is 19.7 Å². The largest absolute Gasteiger partial charge is 0.293 e. The van der Waals surface area contributed by atoms with Crippen molar-refractivity contribution in [3.8, 4) is 0 Å². The van der Waals surface area contributed by atoms with Crippen LogP contribution >= 0.6 is 15.9 Å². The van der Waals surface area contributed by atoms with Crippen LogP contribution in [0.2, 0.25) is 0 Å². The summed E-state index contributed by atoms with van der Waals surface area (Å²) in [5.41, 5.74) is 1.28. The van der Waals surface area contributed by atoms with Crippen LogP contribution in [0.5, 0.6) is 0 Å². The number of benzene rings is 3. The summed E-state index contributed by atoms with van der Waals surface area (Å²) in [6.07, 6.45) is 0. The maximum absolute atomic E-state index is 13.4. The Labute approximate surface area is 176 Å². The van der Waals surface area contributed by atoms with E-state index < -0.39 is 34.9 Å². The zero-order valence-corrected chi connectivity index (χ0v) is 17.0. The Bertz CT molecular complexity index is 953. The van der Waals surface area contributed by atoms with Gasteiger partial charge in [-0.15, -0.1) is 0 Å². The molecule has 0 amide bonds. The molecular weight excluding hydrogens is 434 g/mol. The van der Waals surface area contributed by atoms with Gasteiger partial charge >= 0.3 is 0 Å². The molecule has 0 spiro atoms. The smallest absolute Gasteiger partial charge is 0.211 e. The van der Waals surface area contributed by atoms with Crippen molar-refractivity contribution in [2.45, 2.75) is 5.92 Å². The number of carbonyl (C=O) groups excluding carboxylic acids is 2. The molecule has 0 aliphatic carbocycles. The zero-order valence-electron chi connectivity index (χ0n) is 15.4. The fraction of sp³-hybridized carbons (Fsp3) is 0.130. The lowest BCUT2D eigenvalue weighted by Crippen LogP contribution is -2.34. The van der Waals surface area contributed by atoms with Crippen LogP contribution in [0.15, 0.2) is 89.4 Å². The molecule has 5 nitrogen and oxygen atoms in total. The zero-order chi connectivity index (χ0) is 20.8. The molecule has 0 saturated carbocycles. The number of nitrogens with zero attached hydrogens (tertiary/aromatic N) is 1. The second-order valence-corrected chi connectivity index (χ2v) is 7.53. The summed E-state index contributed by atoms with van der Waals surface area (Å²) in [5.74, 6) is -2.94. The SMILES string of the molecule is O=C(c1ccccc1)C(C(=O)c1ccccc1)C(C[N+](=O)[O-])c1ccc(Br)cc1. The Balaban J connectivity index is 2.12. The lowest BCUT2D eigenvalue weighted by atomic mass is 9.77. The molecule has 0 fully saturated rings. The van der Waals surface area contributed by atoms with E-state index in [2.05, 4.69) is 15.9 Å². The van der Waals surface area contributed by atoms with Crippen molar-refractivity contribution in [1.82, 2.24) is 0 Å². The molecule has 0 aliphatic heterocycles. The van der Waals surface area contributed by atoms with E-state index >= 15 is 0 Å². The van der Waals surface area contributed by atoms with Crippen LogP contribution in [-0.4, -0.2) is 23.0 Å². The van der Waals surface area contributed by atoms with Crippen LogP contribution in [0.1, 0.15) is 32.2 Å². The second-order valence-electron chi connectivity index (χ2n) is 6.61. The monoisotopic (exact) mass is 451 g/mol. The van der Waals surface area contributed by atoms with E-state index in [4.69, 9.17) is 0 Å². The maximum Gasteiger partial charge on any atom is 0.211 e. The van der Waals surface area contributed by atoms with E-state index in [9.17, 15) is 19.7 Å². The topological polar surface area (TPSA) is 77.3 Å². The van der Waals surface area contributed by atoms with Gasteiger partial charge in [-0.1, -0.05) is 88.7 Å². The summed E-state index contributed by atoms with van der Waals surface area (Å²) < 4.78 is 0.807. The third-order valence-electron chi connectivity index (χ3n) is 4.73. The number of halogens is 1. The Morgan fingerprint density at radius 3 is 1.66 bits per heavy atom. The molecule has 0 N–H and O–H groups in total. The minimum absolute atomic E-state index is 0.354. The van der Waals surface area contributed by atoms with Crippen molar-refractivity contribution in [2.75, 3.05) is 6.54 Å². The first-order valence-electron chi connectivity index (χ1n) is 9.03. The van der Waals surface area contributed by atoms with Gasteiger partial charge in [-0.25, -0.2) is 0 Å². The molecule has 146 valence electrons. The first-order valence-corrected chi connectivity index (χ1v) is 9.82. The highest BCUT2D eigenvalue weighted by molar-refractivity contribution is 9.10. The van der Waals surface area contributed by atoms with Gasteiger partial charge in [-0.05, 0) is 17.7 Å². The van der Waals surface area contributed by atoms with Gasteiger partial charge in [0.2, 0.25) is 6.54 Å². The number of carbonyl (C=O) groups is 2. The highest BCUT2D eigenvalue weighted by Gasteiger charge is 2.39. The van der Waals surface area contributed by atoms with Crippen LogP contribution < -0.4 is 0 Å². The average Bonchev–Trinajstić information content (AvgIpc) is 2.74. The van der Waals surface area contributed by atoms with Gasteiger partial charge in [0.15, 0.2) is 11.6 Å². The number of hydrogen-bond acceptors (Lipinski definition) is 4. The van der Waals surface area contributed by atoms with Crippen LogP contribution in [0.4, 0.5) is 0 Å². The Morgan fingerprint density at radius 1 is 0.793 bits per heavy atom. The van der Waals surface area contributed by atoms with E-state index in [-0.39, 0.29) is 0 Å². The van der Waals surface area contributed by atoms with Gasteiger partial charge in [0.05, 0.1) is 11.8 Å². The lowest BCUT2D eigenvalue weighted by molar-refractivity contribution is -0.484. The molecule has 6 heteroatoms. The first kappa shape index (κ1) is 20.6. The third kappa shape index (κ3) is 5.03. The minimum atomic E-state index is -1.20. The predicted octanol–water partition coefficient (Wildman–Crippen LogP) is 5.19. The number of ketones is 2. The standard InChI is InChI=1S/C23H18BrNO4/c24-19-13-11-16(12-14-19)20(15-25(28)29)21(22(26)17-7-3-1-4-8-17)23(27)18-9-5-2-6-10-18/h1-14,20-21H,15H2. The van der Waals surface area contributed by atoms with Crippen molar-refractivity contribution in [3.05, 3.63) is 116 Å². The van der Waals surface area contributed by atoms with Crippen molar-refractivity contribution < 1.29 is 14.5 Å². The van der Waals surface area contributed by atoms with E-state index in [0.717, 1.165) is 4.47 Å². The summed E-state index contributed by atoms with van der Waals surface area (Å²) >= 11 is 3.35. The summed E-state index contributed by atoms with van der Waals surface area (Å²) in [6, 6.07) is 23.8. The Kier molecular flexibility index (Phi) is 6.67. The van der Waals surface area contributed by atoms with Gasteiger partial charge in [0, 0.05) is 20.5 Å². The highest BCUT2D eigenvalue weighted by atomic mass is 79.9. The molecule has 0 heterocycles. The van der Waals surface area contributed by atoms with Gasteiger partial charge in [0.25, 0.3) is 0 Å². The van der Waals surface area contributed by atoms with Gasteiger partial charge in [0.1, 0.15) is 0 Å². The number of Topliss-reactive ketones (excluding diaryl/α,β-unsaturated/α-hetero) is 2. The fourth-order valence-corrected chi connectivity index (χ4v) is 3.59. The van der Waals surface area contributed by atoms with Crippen molar-refractivity contribution >= 4 is 27.5 Å². The van der Waals surface area contributed by atoms with Gasteiger partial charge < -0.3 is 0 Å². The van der Waals surface area contributed by atoms with Crippen molar-refractivity contribution in [3.63, 3.8) is 0 Å². The van der Waals surface area contributed by atoms with E-state index in [1.54, 1.807) is 84.9 Å².